The number of aliphatic hydroxyl groups is 1. The molecule has 4 heteroatoms. The lowest BCUT2D eigenvalue weighted by molar-refractivity contribution is -0.125. The summed E-state index contributed by atoms with van der Waals surface area (Å²) in [5.74, 6) is 0.780. The van der Waals surface area contributed by atoms with Crippen molar-refractivity contribution in [3.8, 4) is 5.75 Å². The molecule has 20 heavy (non-hydrogen) atoms. The molecule has 0 spiro atoms. The van der Waals surface area contributed by atoms with Crippen LogP contribution in [0.3, 0.4) is 0 Å². The Bertz CT molecular complexity index is 475. The Kier molecular flexibility index (Phi) is 4.65. The van der Waals surface area contributed by atoms with E-state index in [0.29, 0.717) is 13.0 Å². The van der Waals surface area contributed by atoms with Crippen LogP contribution >= 0.6 is 0 Å². The van der Waals surface area contributed by atoms with Crippen LogP contribution in [0.25, 0.3) is 0 Å². The predicted molar refractivity (Wildman–Crippen MR) is 77.8 cm³/mol. The highest BCUT2D eigenvalue weighted by molar-refractivity contribution is 5.77. The molecule has 0 heterocycles. The Morgan fingerprint density at radius 3 is 2.75 bits per heavy atom. The summed E-state index contributed by atoms with van der Waals surface area (Å²) in [7, 11) is 0. The van der Waals surface area contributed by atoms with E-state index in [9.17, 15) is 9.90 Å². The summed E-state index contributed by atoms with van der Waals surface area (Å²) in [5.41, 5.74) is 1.85. The van der Waals surface area contributed by atoms with E-state index < -0.39 is 0 Å². The quantitative estimate of drug-likeness (QED) is 0.837. The monoisotopic (exact) mass is 277 g/mol. The number of aliphatic hydroxyl groups excluding tert-OH is 1. The van der Waals surface area contributed by atoms with Crippen LogP contribution in [0.5, 0.6) is 5.75 Å². The number of amides is 1. The number of carbonyl (C=O) groups is 1. The van der Waals surface area contributed by atoms with Crippen LogP contribution in [0, 0.1) is 13.8 Å². The minimum atomic E-state index is -0.365. The molecule has 0 aliphatic heterocycles. The zero-order valence-corrected chi connectivity index (χ0v) is 12.2. The molecule has 0 aromatic heterocycles. The zero-order valence-electron chi connectivity index (χ0n) is 12.2. The number of rotatable bonds is 6. The fraction of sp³-hybridized carbons (Fsp3) is 0.562. The van der Waals surface area contributed by atoms with Gasteiger partial charge in [0.15, 0.2) is 0 Å². The Morgan fingerprint density at radius 1 is 1.40 bits per heavy atom. The second-order valence-electron chi connectivity index (χ2n) is 5.71. The van der Waals surface area contributed by atoms with E-state index in [1.165, 1.54) is 0 Å². The average molecular weight is 277 g/mol. The maximum absolute atomic E-state index is 11.9. The number of carbonyl (C=O) groups excluding carboxylic acids is 1. The van der Waals surface area contributed by atoms with Gasteiger partial charge in [-0.25, -0.2) is 0 Å². The van der Waals surface area contributed by atoms with Crippen LogP contribution in [0.15, 0.2) is 18.2 Å². The van der Waals surface area contributed by atoms with Gasteiger partial charge in [0.1, 0.15) is 5.75 Å². The van der Waals surface area contributed by atoms with Crippen LogP contribution in [-0.4, -0.2) is 29.8 Å². The first-order valence-corrected chi connectivity index (χ1v) is 7.17. The molecule has 0 bridgehead atoms. The molecule has 2 rings (SSSR count). The van der Waals surface area contributed by atoms with Gasteiger partial charge >= 0.3 is 0 Å². The number of aryl methyl sites for hydroxylation is 2. The van der Waals surface area contributed by atoms with E-state index in [1.807, 2.05) is 32.0 Å². The van der Waals surface area contributed by atoms with E-state index in [-0.39, 0.29) is 18.1 Å². The maximum Gasteiger partial charge on any atom is 0.223 e. The molecule has 1 aromatic carbocycles. The van der Waals surface area contributed by atoms with Crippen LogP contribution in [-0.2, 0) is 4.79 Å². The lowest BCUT2D eigenvalue weighted by atomic mass is 9.77. The van der Waals surface area contributed by atoms with Crippen molar-refractivity contribution in [1.82, 2.24) is 5.32 Å². The van der Waals surface area contributed by atoms with Crippen LogP contribution in [0.2, 0.25) is 0 Å². The van der Waals surface area contributed by atoms with Gasteiger partial charge < -0.3 is 15.2 Å². The molecule has 0 radical (unpaired) electrons. The first kappa shape index (κ1) is 14.9. The normalized spacial score (nSPS) is 16.4. The molecule has 1 saturated carbocycles. The van der Waals surface area contributed by atoms with Crippen molar-refractivity contribution in [3.63, 3.8) is 0 Å². The Balaban J connectivity index is 1.78. The van der Waals surface area contributed by atoms with Gasteiger partial charge in [0.2, 0.25) is 5.91 Å². The molecular formula is C16H23NO3. The lowest BCUT2D eigenvalue weighted by Crippen LogP contribution is -2.56. The van der Waals surface area contributed by atoms with Gasteiger partial charge in [-0.15, -0.1) is 0 Å². The molecule has 1 aromatic rings. The van der Waals surface area contributed by atoms with Gasteiger partial charge in [-0.05, 0) is 50.3 Å². The third kappa shape index (κ3) is 3.51. The number of hydrogen-bond donors (Lipinski definition) is 2. The van der Waals surface area contributed by atoms with Crippen molar-refractivity contribution in [2.45, 2.75) is 45.1 Å². The Morgan fingerprint density at radius 2 is 2.15 bits per heavy atom. The largest absolute Gasteiger partial charge is 0.493 e. The standard InChI is InChI=1S/C16H23NO3/c1-12-4-5-13(2)14(10-12)20-9-6-15(19)17-16(11-18)7-3-8-16/h4-5,10,18H,3,6-9,11H2,1-2H3,(H,17,19). The van der Waals surface area contributed by atoms with Crippen molar-refractivity contribution in [2.24, 2.45) is 0 Å². The molecular weight excluding hydrogens is 254 g/mol. The van der Waals surface area contributed by atoms with Gasteiger partial charge in [0.25, 0.3) is 0 Å². The third-order valence-corrected chi connectivity index (χ3v) is 3.95. The van der Waals surface area contributed by atoms with Crippen molar-refractivity contribution in [3.05, 3.63) is 29.3 Å². The fourth-order valence-corrected chi connectivity index (χ4v) is 2.40. The second-order valence-corrected chi connectivity index (χ2v) is 5.71. The molecule has 2 N–H and O–H groups in total. The molecule has 1 amide bonds. The van der Waals surface area contributed by atoms with Crippen LogP contribution in [0.1, 0.15) is 36.8 Å². The number of ether oxygens (including phenoxy) is 1. The van der Waals surface area contributed by atoms with E-state index in [0.717, 1.165) is 36.1 Å². The zero-order chi connectivity index (χ0) is 14.6. The van der Waals surface area contributed by atoms with Gasteiger partial charge in [0, 0.05) is 0 Å². The van der Waals surface area contributed by atoms with Gasteiger partial charge in [-0.3, -0.25) is 4.79 Å². The minimum absolute atomic E-state index is 0.0244. The fourth-order valence-electron chi connectivity index (χ4n) is 2.40. The lowest BCUT2D eigenvalue weighted by Gasteiger charge is -2.40. The molecule has 1 aliphatic carbocycles. The third-order valence-electron chi connectivity index (χ3n) is 3.95. The molecule has 0 saturated heterocycles. The first-order chi connectivity index (χ1) is 9.54. The van der Waals surface area contributed by atoms with Gasteiger partial charge in [-0.2, -0.15) is 0 Å². The minimum Gasteiger partial charge on any atom is -0.493 e. The van der Waals surface area contributed by atoms with Crippen molar-refractivity contribution in [2.75, 3.05) is 13.2 Å². The van der Waals surface area contributed by atoms with Gasteiger partial charge in [-0.1, -0.05) is 12.1 Å². The van der Waals surface area contributed by atoms with Crippen LogP contribution in [0.4, 0.5) is 0 Å². The summed E-state index contributed by atoms with van der Waals surface area (Å²) in [4.78, 5) is 11.9. The predicted octanol–water partition coefficient (Wildman–Crippen LogP) is 2.10. The first-order valence-electron chi connectivity index (χ1n) is 7.17. The van der Waals surface area contributed by atoms with Gasteiger partial charge in [0.05, 0.1) is 25.2 Å². The summed E-state index contributed by atoms with van der Waals surface area (Å²) < 4.78 is 5.66. The molecule has 1 fully saturated rings. The van der Waals surface area contributed by atoms with E-state index >= 15 is 0 Å². The highest BCUT2D eigenvalue weighted by Crippen LogP contribution is 2.31. The highest BCUT2D eigenvalue weighted by Gasteiger charge is 2.37. The summed E-state index contributed by atoms with van der Waals surface area (Å²) in [6.45, 7) is 4.39. The van der Waals surface area contributed by atoms with Crippen molar-refractivity contribution >= 4 is 5.91 Å². The Labute approximate surface area is 120 Å². The van der Waals surface area contributed by atoms with Crippen molar-refractivity contribution < 1.29 is 14.6 Å². The number of benzene rings is 1. The van der Waals surface area contributed by atoms with E-state index in [2.05, 4.69) is 5.32 Å². The summed E-state index contributed by atoms with van der Waals surface area (Å²) >= 11 is 0. The smallest absolute Gasteiger partial charge is 0.223 e. The molecule has 0 atom stereocenters. The SMILES string of the molecule is Cc1ccc(C)c(OCCC(=O)NC2(CO)CCC2)c1. The molecule has 1 aliphatic rings. The van der Waals surface area contributed by atoms with E-state index in [1.54, 1.807) is 0 Å². The Hall–Kier alpha value is -1.55. The second kappa shape index (κ2) is 6.27. The van der Waals surface area contributed by atoms with Crippen molar-refractivity contribution in [1.29, 1.82) is 0 Å². The summed E-state index contributed by atoms with van der Waals surface area (Å²) in [5, 5.41) is 12.2. The maximum atomic E-state index is 11.9. The number of nitrogens with one attached hydrogen (secondary N) is 1. The average Bonchev–Trinajstić information content (AvgIpc) is 2.38. The molecule has 4 nitrogen and oxygen atoms in total. The molecule has 110 valence electrons. The highest BCUT2D eigenvalue weighted by atomic mass is 16.5. The summed E-state index contributed by atoms with van der Waals surface area (Å²) in [6.07, 6.45) is 3.12. The molecule has 0 unspecified atom stereocenters. The summed E-state index contributed by atoms with van der Waals surface area (Å²) in [6, 6.07) is 6.03. The topological polar surface area (TPSA) is 58.6 Å². The van der Waals surface area contributed by atoms with Crippen LogP contribution < -0.4 is 10.1 Å². The number of hydrogen-bond acceptors (Lipinski definition) is 3. The van der Waals surface area contributed by atoms with E-state index in [4.69, 9.17) is 4.74 Å².